The van der Waals surface area contributed by atoms with Crippen molar-refractivity contribution >= 4 is 17.6 Å². The Morgan fingerprint density at radius 2 is 1.70 bits per heavy atom. The first-order valence-electron chi connectivity index (χ1n) is 9.53. The molecule has 1 saturated heterocycles. The molecule has 2 aromatic carbocycles. The number of rotatable bonds is 3. The molecule has 0 aromatic heterocycles. The van der Waals surface area contributed by atoms with Crippen LogP contribution in [0.4, 0.5) is 10.5 Å². The van der Waals surface area contributed by atoms with Crippen LogP contribution in [-0.2, 0) is 11.3 Å². The van der Waals surface area contributed by atoms with Gasteiger partial charge in [-0.15, -0.1) is 0 Å². The molecule has 2 aromatic rings. The largest absolute Gasteiger partial charge is 0.450 e. The molecule has 1 fully saturated rings. The number of carbonyl (C=O) groups excluding carboxylic acids is 2. The van der Waals surface area contributed by atoms with Crippen molar-refractivity contribution in [1.29, 1.82) is 0 Å². The number of para-hydroxylation sites is 1. The van der Waals surface area contributed by atoms with E-state index in [1.54, 1.807) is 4.90 Å². The number of benzene rings is 2. The molecule has 5 heteroatoms. The Labute approximate surface area is 159 Å². The molecule has 5 nitrogen and oxygen atoms in total. The lowest BCUT2D eigenvalue weighted by Crippen LogP contribution is -2.57. The fourth-order valence-corrected chi connectivity index (χ4v) is 4.28. The van der Waals surface area contributed by atoms with Crippen molar-refractivity contribution in [2.24, 2.45) is 0 Å². The third-order valence-corrected chi connectivity index (χ3v) is 5.68. The second-order valence-corrected chi connectivity index (χ2v) is 7.14. The van der Waals surface area contributed by atoms with Crippen LogP contribution in [0, 0.1) is 0 Å². The second-order valence-electron chi connectivity index (χ2n) is 7.14. The number of hydrogen-bond acceptors (Lipinski definition) is 4. The molecule has 0 N–H and O–H groups in total. The molecule has 2 heterocycles. The number of ether oxygens (including phenoxy) is 1. The van der Waals surface area contributed by atoms with Gasteiger partial charge in [0.05, 0.1) is 6.61 Å². The van der Waals surface area contributed by atoms with Crippen molar-refractivity contribution in [2.75, 3.05) is 24.6 Å². The third-order valence-electron chi connectivity index (χ3n) is 5.68. The lowest BCUT2D eigenvalue weighted by Gasteiger charge is -2.44. The van der Waals surface area contributed by atoms with Gasteiger partial charge in [-0.05, 0) is 37.5 Å². The van der Waals surface area contributed by atoms with Crippen molar-refractivity contribution in [2.45, 2.75) is 31.8 Å². The number of hydrogen-bond donors (Lipinski definition) is 0. The number of carbonyl (C=O) groups is 2. The Morgan fingerprint density at radius 3 is 2.41 bits per heavy atom. The minimum absolute atomic E-state index is 0.178. The van der Waals surface area contributed by atoms with Gasteiger partial charge in [0.2, 0.25) is 0 Å². The van der Waals surface area contributed by atoms with Crippen LogP contribution in [0.2, 0.25) is 0 Å². The Kier molecular flexibility index (Phi) is 4.60. The number of anilines is 1. The molecular formula is C22H24N2O3. The van der Waals surface area contributed by atoms with Crippen LogP contribution in [0.25, 0.3) is 0 Å². The van der Waals surface area contributed by atoms with Gasteiger partial charge in [0.25, 0.3) is 0 Å². The fraction of sp³-hybridized carbons (Fsp3) is 0.364. The first-order chi connectivity index (χ1) is 13.2. The van der Waals surface area contributed by atoms with E-state index >= 15 is 0 Å². The van der Waals surface area contributed by atoms with Crippen LogP contribution in [0.3, 0.4) is 0 Å². The van der Waals surface area contributed by atoms with Crippen LogP contribution in [0.15, 0.2) is 54.6 Å². The van der Waals surface area contributed by atoms with Gasteiger partial charge in [0.1, 0.15) is 5.54 Å². The van der Waals surface area contributed by atoms with Crippen LogP contribution >= 0.6 is 0 Å². The van der Waals surface area contributed by atoms with E-state index in [0.717, 1.165) is 11.3 Å². The highest BCUT2D eigenvalue weighted by molar-refractivity contribution is 6.14. The van der Waals surface area contributed by atoms with Gasteiger partial charge in [-0.25, -0.2) is 4.79 Å². The lowest BCUT2D eigenvalue weighted by molar-refractivity contribution is 0.0701. The molecule has 0 unspecified atom stereocenters. The smallest absolute Gasteiger partial charge is 0.409 e. The molecule has 2 aliphatic heterocycles. The molecule has 2 aliphatic rings. The SMILES string of the molecule is CCOC(=O)N1CCC2(CC1)C(=O)c1ccccc1N2Cc1ccccc1. The summed E-state index contributed by atoms with van der Waals surface area (Å²) in [5, 5.41) is 0. The predicted molar refractivity (Wildman–Crippen MR) is 104 cm³/mol. The topological polar surface area (TPSA) is 49.9 Å². The molecule has 0 atom stereocenters. The summed E-state index contributed by atoms with van der Waals surface area (Å²) in [5.74, 6) is 0.178. The summed E-state index contributed by atoms with van der Waals surface area (Å²) in [5.41, 5.74) is 2.38. The van der Waals surface area contributed by atoms with E-state index in [4.69, 9.17) is 4.74 Å². The summed E-state index contributed by atoms with van der Waals surface area (Å²) in [7, 11) is 0. The fourth-order valence-electron chi connectivity index (χ4n) is 4.28. The van der Waals surface area contributed by atoms with E-state index in [1.807, 2.05) is 49.4 Å². The Bertz CT molecular complexity index is 842. The van der Waals surface area contributed by atoms with Crippen LogP contribution < -0.4 is 4.90 Å². The highest BCUT2D eigenvalue weighted by atomic mass is 16.6. The van der Waals surface area contributed by atoms with E-state index in [1.165, 1.54) is 5.56 Å². The first kappa shape index (κ1) is 17.6. The normalized spacial score (nSPS) is 17.9. The zero-order valence-corrected chi connectivity index (χ0v) is 15.6. The number of fused-ring (bicyclic) bond motifs is 1. The van der Waals surface area contributed by atoms with Crippen LogP contribution in [0.5, 0.6) is 0 Å². The number of nitrogens with zero attached hydrogens (tertiary/aromatic N) is 2. The Hall–Kier alpha value is -2.82. The molecule has 0 saturated carbocycles. The quantitative estimate of drug-likeness (QED) is 0.829. The maximum Gasteiger partial charge on any atom is 0.409 e. The summed E-state index contributed by atoms with van der Waals surface area (Å²) >= 11 is 0. The van der Waals surface area contributed by atoms with Crippen LogP contribution in [0.1, 0.15) is 35.7 Å². The molecular weight excluding hydrogens is 340 g/mol. The summed E-state index contributed by atoms with van der Waals surface area (Å²) in [6, 6.07) is 18.1. The first-order valence-corrected chi connectivity index (χ1v) is 9.53. The molecule has 1 spiro atoms. The second kappa shape index (κ2) is 7.06. The average molecular weight is 364 g/mol. The van der Waals surface area contributed by atoms with E-state index in [2.05, 4.69) is 17.0 Å². The highest BCUT2D eigenvalue weighted by Gasteiger charge is 2.52. The molecule has 1 amide bonds. The van der Waals surface area contributed by atoms with Crippen molar-refractivity contribution in [3.05, 3.63) is 65.7 Å². The van der Waals surface area contributed by atoms with Crippen LogP contribution in [-0.4, -0.2) is 42.0 Å². The van der Waals surface area contributed by atoms with Gasteiger partial charge >= 0.3 is 6.09 Å². The number of piperidine rings is 1. The summed E-state index contributed by atoms with van der Waals surface area (Å²) in [6.07, 6.45) is 0.947. The maximum absolute atomic E-state index is 13.4. The number of Topliss-reactive ketones (excluding diaryl/α,β-unsaturated/α-hetero) is 1. The van der Waals surface area contributed by atoms with Gasteiger partial charge in [0.15, 0.2) is 5.78 Å². The molecule has 4 rings (SSSR count). The van der Waals surface area contributed by atoms with E-state index in [9.17, 15) is 9.59 Å². The maximum atomic E-state index is 13.4. The summed E-state index contributed by atoms with van der Waals surface area (Å²) in [4.78, 5) is 29.4. The lowest BCUT2D eigenvalue weighted by atomic mass is 9.82. The number of amides is 1. The monoisotopic (exact) mass is 364 g/mol. The van der Waals surface area contributed by atoms with Gasteiger partial charge in [0, 0.05) is 30.9 Å². The van der Waals surface area contributed by atoms with E-state index < -0.39 is 5.54 Å². The van der Waals surface area contributed by atoms with Gasteiger partial charge in [-0.1, -0.05) is 42.5 Å². The predicted octanol–water partition coefficient (Wildman–Crippen LogP) is 3.88. The summed E-state index contributed by atoms with van der Waals surface area (Å²) in [6.45, 7) is 3.92. The molecule has 0 aliphatic carbocycles. The Morgan fingerprint density at radius 1 is 1.04 bits per heavy atom. The minimum Gasteiger partial charge on any atom is -0.450 e. The minimum atomic E-state index is -0.581. The van der Waals surface area contributed by atoms with E-state index in [0.29, 0.717) is 39.1 Å². The van der Waals surface area contributed by atoms with Crippen molar-refractivity contribution in [3.8, 4) is 0 Å². The molecule has 0 bridgehead atoms. The zero-order valence-electron chi connectivity index (χ0n) is 15.6. The zero-order chi connectivity index (χ0) is 18.9. The average Bonchev–Trinajstić information content (AvgIpc) is 2.93. The Balaban J connectivity index is 1.64. The molecule has 0 radical (unpaired) electrons. The highest BCUT2D eigenvalue weighted by Crippen LogP contribution is 2.45. The van der Waals surface area contributed by atoms with Gasteiger partial charge in [-0.2, -0.15) is 0 Å². The number of likely N-dealkylation sites (tertiary alicyclic amines) is 1. The molecule has 140 valence electrons. The van der Waals surface area contributed by atoms with Gasteiger partial charge in [-0.3, -0.25) is 4.79 Å². The number of ketones is 1. The van der Waals surface area contributed by atoms with Crippen molar-refractivity contribution in [3.63, 3.8) is 0 Å². The molecule has 27 heavy (non-hydrogen) atoms. The van der Waals surface area contributed by atoms with Crippen molar-refractivity contribution < 1.29 is 14.3 Å². The summed E-state index contributed by atoms with van der Waals surface area (Å²) < 4.78 is 5.13. The van der Waals surface area contributed by atoms with Gasteiger partial charge < -0.3 is 14.5 Å². The van der Waals surface area contributed by atoms with Crippen molar-refractivity contribution in [1.82, 2.24) is 4.90 Å². The van der Waals surface area contributed by atoms with E-state index in [-0.39, 0.29) is 11.9 Å². The standard InChI is InChI=1S/C22H24N2O3/c1-2-27-21(26)23-14-12-22(13-15-23)20(25)18-10-6-7-11-19(18)24(22)16-17-8-4-3-5-9-17/h3-11H,2,12-16H2,1H3. The third kappa shape index (κ3) is 2.97.